The second kappa shape index (κ2) is 4.94. The van der Waals surface area contributed by atoms with Crippen molar-refractivity contribution in [2.45, 2.75) is 6.42 Å². The molecule has 0 aromatic rings. The molecule has 0 aliphatic carbocycles. The molecule has 2 saturated heterocycles. The third kappa shape index (κ3) is 2.40. The van der Waals surface area contributed by atoms with Crippen LogP contribution >= 0.6 is 0 Å². The maximum absolute atomic E-state index is 11.9. The van der Waals surface area contributed by atoms with Crippen molar-refractivity contribution in [3.8, 4) is 0 Å². The van der Waals surface area contributed by atoms with Gasteiger partial charge in [0.2, 0.25) is 10.0 Å². The van der Waals surface area contributed by atoms with Gasteiger partial charge >= 0.3 is 11.9 Å². The van der Waals surface area contributed by atoms with Crippen LogP contribution in [0.15, 0.2) is 0 Å². The van der Waals surface area contributed by atoms with Crippen molar-refractivity contribution < 1.29 is 27.5 Å². The van der Waals surface area contributed by atoms with Crippen LogP contribution in [0.25, 0.3) is 0 Å². The summed E-state index contributed by atoms with van der Waals surface area (Å²) in [6.07, 6.45) is 0.335. The molecule has 2 rings (SSSR count). The van der Waals surface area contributed by atoms with Crippen molar-refractivity contribution in [2.75, 3.05) is 32.6 Å². The van der Waals surface area contributed by atoms with Crippen LogP contribution < -0.4 is 0 Å². The van der Waals surface area contributed by atoms with Crippen LogP contribution in [0.4, 0.5) is 0 Å². The highest BCUT2D eigenvalue weighted by molar-refractivity contribution is 7.89. The summed E-state index contributed by atoms with van der Waals surface area (Å²) in [6, 6.07) is 0. The van der Waals surface area contributed by atoms with E-state index in [0.717, 1.165) is 0 Å². The molecule has 0 spiro atoms. The molecule has 0 amide bonds. The fraction of sp³-hybridized carbons (Fsp3) is 0.800. The molecular weight excluding hydrogens is 262 g/mol. The maximum atomic E-state index is 11.9. The predicted octanol–water partition coefficient (Wildman–Crippen LogP) is -1.02. The van der Waals surface area contributed by atoms with Crippen molar-refractivity contribution in [3.05, 3.63) is 0 Å². The number of ether oxygens (including phenoxy) is 2. The van der Waals surface area contributed by atoms with E-state index in [1.54, 1.807) is 0 Å². The lowest BCUT2D eigenvalue weighted by Crippen LogP contribution is -2.46. The molecule has 0 aromatic carbocycles. The number of nitrogens with zero attached hydrogens (tertiary/aromatic N) is 1. The van der Waals surface area contributed by atoms with Gasteiger partial charge in [-0.15, -0.1) is 0 Å². The Hall–Kier alpha value is -0.990. The van der Waals surface area contributed by atoms with Gasteiger partial charge in [0.1, 0.15) is 0 Å². The van der Waals surface area contributed by atoms with Gasteiger partial charge in [0.05, 0.1) is 24.2 Å². The zero-order chi connectivity index (χ0) is 13.3. The van der Waals surface area contributed by atoms with E-state index in [1.165, 1.54) is 11.4 Å². The number of rotatable bonds is 4. The molecule has 2 unspecified atom stereocenters. The van der Waals surface area contributed by atoms with Crippen LogP contribution in [0.2, 0.25) is 0 Å². The van der Waals surface area contributed by atoms with E-state index < -0.39 is 33.8 Å². The van der Waals surface area contributed by atoms with Crippen LogP contribution in [0, 0.1) is 11.8 Å². The van der Waals surface area contributed by atoms with E-state index in [9.17, 15) is 18.0 Å². The molecule has 7 nitrogen and oxygen atoms in total. The number of fused-ring (bicyclic) bond motifs is 1. The summed E-state index contributed by atoms with van der Waals surface area (Å²) in [5.41, 5.74) is 0. The van der Waals surface area contributed by atoms with Gasteiger partial charge in [-0.05, 0) is 6.42 Å². The molecule has 102 valence electrons. The van der Waals surface area contributed by atoms with Gasteiger partial charge in [-0.2, -0.15) is 0 Å². The number of carbonyl (C=O) groups excluding carboxylic acids is 2. The molecule has 0 saturated carbocycles. The zero-order valence-corrected chi connectivity index (χ0v) is 10.8. The van der Waals surface area contributed by atoms with Gasteiger partial charge in [-0.25, -0.2) is 12.7 Å². The number of methoxy groups -OCH3 is 1. The summed E-state index contributed by atoms with van der Waals surface area (Å²) in [6.45, 7) is 0.382. The van der Waals surface area contributed by atoms with Crippen molar-refractivity contribution in [2.24, 2.45) is 11.8 Å². The molecule has 0 radical (unpaired) electrons. The smallest absolute Gasteiger partial charge is 0.318 e. The average molecular weight is 277 g/mol. The normalized spacial score (nSPS) is 29.2. The first-order valence-electron chi connectivity index (χ1n) is 5.68. The molecule has 0 bridgehead atoms. The Morgan fingerprint density at radius 2 is 2.00 bits per heavy atom. The lowest BCUT2D eigenvalue weighted by atomic mass is 9.89. The molecule has 2 fully saturated rings. The number of piperidine rings is 1. The summed E-state index contributed by atoms with van der Waals surface area (Å²) in [5.74, 6) is -2.39. The third-order valence-corrected chi connectivity index (χ3v) is 5.12. The molecule has 2 atom stereocenters. The average Bonchev–Trinajstić information content (AvgIpc) is 2.62. The van der Waals surface area contributed by atoms with Crippen molar-refractivity contribution in [1.29, 1.82) is 0 Å². The maximum Gasteiger partial charge on any atom is 0.318 e. The summed E-state index contributed by atoms with van der Waals surface area (Å²) in [7, 11) is -2.01. The second-order valence-corrected chi connectivity index (χ2v) is 6.50. The SMILES string of the molecule is COCCS(=O)(=O)N1CCC2C(=O)OC(=O)C2C1. The Morgan fingerprint density at radius 3 is 2.67 bits per heavy atom. The molecule has 0 aromatic heterocycles. The van der Waals surface area contributed by atoms with Gasteiger partial charge in [-0.1, -0.05) is 0 Å². The first-order chi connectivity index (χ1) is 8.45. The van der Waals surface area contributed by atoms with Crippen molar-refractivity contribution in [1.82, 2.24) is 4.31 Å². The Labute approximate surface area is 105 Å². The minimum absolute atomic E-state index is 0.0291. The summed E-state index contributed by atoms with van der Waals surface area (Å²) < 4.78 is 34.4. The number of hydrogen-bond donors (Lipinski definition) is 0. The van der Waals surface area contributed by atoms with Crippen LogP contribution in [0.3, 0.4) is 0 Å². The predicted molar refractivity (Wildman–Crippen MR) is 59.9 cm³/mol. The number of sulfonamides is 1. The fourth-order valence-electron chi connectivity index (χ4n) is 2.26. The van der Waals surface area contributed by atoms with E-state index >= 15 is 0 Å². The summed E-state index contributed by atoms with van der Waals surface area (Å²) in [4.78, 5) is 22.7. The monoisotopic (exact) mass is 277 g/mol. The quantitative estimate of drug-likeness (QED) is 0.483. The second-order valence-electron chi connectivity index (χ2n) is 4.41. The van der Waals surface area contributed by atoms with E-state index in [4.69, 9.17) is 4.74 Å². The van der Waals surface area contributed by atoms with Gasteiger partial charge < -0.3 is 9.47 Å². The van der Waals surface area contributed by atoms with Gasteiger partial charge in [0.25, 0.3) is 0 Å². The van der Waals surface area contributed by atoms with Gasteiger partial charge in [-0.3, -0.25) is 9.59 Å². The Morgan fingerprint density at radius 1 is 1.33 bits per heavy atom. The largest absolute Gasteiger partial charge is 0.393 e. The fourth-order valence-corrected chi connectivity index (χ4v) is 3.67. The third-order valence-electron chi connectivity index (χ3n) is 3.32. The van der Waals surface area contributed by atoms with Gasteiger partial charge in [0, 0.05) is 20.2 Å². The lowest BCUT2D eigenvalue weighted by Gasteiger charge is -2.30. The highest BCUT2D eigenvalue weighted by Crippen LogP contribution is 2.32. The van der Waals surface area contributed by atoms with Crippen LogP contribution in [0.1, 0.15) is 6.42 Å². The van der Waals surface area contributed by atoms with Gasteiger partial charge in [0.15, 0.2) is 0 Å². The van der Waals surface area contributed by atoms with Crippen LogP contribution in [-0.4, -0.2) is 57.2 Å². The molecule has 2 heterocycles. The number of cyclic esters (lactones) is 2. The molecular formula is C10H15NO6S. The number of hydrogen-bond acceptors (Lipinski definition) is 6. The minimum Gasteiger partial charge on any atom is -0.393 e. The van der Waals surface area contributed by atoms with Crippen LogP contribution in [-0.2, 0) is 29.1 Å². The van der Waals surface area contributed by atoms with Crippen molar-refractivity contribution in [3.63, 3.8) is 0 Å². The van der Waals surface area contributed by atoms with E-state index in [0.29, 0.717) is 6.42 Å². The summed E-state index contributed by atoms with van der Waals surface area (Å²) in [5, 5.41) is 0. The van der Waals surface area contributed by atoms with Crippen molar-refractivity contribution >= 4 is 22.0 Å². The molecule has 2 aliphatic heterocycles. The Kier molecular flexibility index (Phi) is 3.69. The minimum atomic E-state index is -3.44. The molecule has 18 heavy (non-hydrogen) atoms. The molecule has 0 N–H and O–H groups in total. The zero-order valence-electron chi connectivity index (χ0n) is 10.00. The first-order valence-corrected chi connectivity index (χ1v) is 7.29. The van der Waals surface area contributed by atoms with Crippen LogP contribution in [0.5, 0.6) is 0 Å². The Bertz CT molecular complexity index is 459. The highest BCUT2D eigenvalue weighted by atomic mass is 32.2. The molecule has 2 aliphatic rings. The topological polar surface area (TPSA) is 90.0 Å². The van der Waals surface area contributed by atoms with E-state index in [1.807, 2.05) is 0 Å². The highest BCUT2D eigenvalue weighted by Gasteiger charge is 2.49. The number of carbonyl (C=O) groups is 2. The summed E-state index contributed by atoms with van der Waals surface area (Å²) >= 11 is 0. The van der Waals surface area contributed by atoms with E-state index in [2.05, 4.69) is 4.74 Å². The van der Waals surface area contributed by atoms with E-state index in [-0.39, 0.29) is 25.4 Å². The first kappa shape index (κ1) is 13.4. The number of esters is 2. The molecule has 8 heteroatoms. The standard InChI is InChI=1S/C10H15NO6S/c1-16-4-5-18(14,15)11-3-2-7-8(6-11)10(13)17-9(7)12/h7-8H,2-6H2,1H3. The Balaban J connectivity index is 2.07. The lowest BCUT2D eigenvalue weighted by molar-refractivity contribution is -0.153.